The quantitative estimate of drug-likeness (QED) is 0.688. The van der Waals surface area contributed by atoms with E-state index in [1.165, 1.54) is 48.1 Å². The highest BCUT2D eigenvalue weighted by atomic mass is 79.9. The maximum absolute atomic E-state index is 3.69. The Morgan fingerprint density at radius 2 is 2.00 bits per heavy atom. The van der Waals surface area contributed by atoms with Crippen LogP contribution in [0, 0.1) is 5.92 Å². The van der Waals surface area contributed by atoms with Crippen molar-refractivity contribution in [2.24, 2.45) is 5.92 Å². The van der Waals surface area contributed by atoms with Gasteiger partial charge in [0.15, 0.2) is 0 Å². The Balaban J connectivity index is 2.08. The molecule has 0 saturated carbocycles. The van der Waals surface area contributed by atoms with Crippen LogP contribution >= 0.6 is 31.9 Å². The second-order valence-corrected chi connectivity index (χ2v) is 6.17. The summed E-state index contributed by atoms with van der Waals surface area (Å²) in [5.74, 6) is 0.937. The number of anilines is 1. The highest BCUT2D eigenvalue weighted by Gasteiger charge is 2.19. The van der Waals surface area contributed by atoms with Crippen molar-refractivity contribution in [1.82, 2.24) is 0 Å². The fourth-order valence-corrected chi connectivity index (χ4v) is 3.50. The average molecular weight is 361 g/mol. The van der Waals surface area contributed by atoms with E-state index in [0.717, 1.165) is 11.2 Å². The maximum atomic E-state index is 3.69. The van der Waals surface area contributed by atoms with Gasteiger partial charge in [0.2, 0.25) is 0 Å². The second-order valence-electron chi connectivity index (χ2n) is 4.76. The van der Waals surface area contributed by atoms with Gasteiger partial charge in [0.25, 0.3) is 0 Å². The van der Waals surface area contributed by atoms with E-state index in [1.54, 1.807) is 0 Å². The van der Waals surface area contributed by atoms with E-state index in [9.17, 15) is 0 Å². The van der Waals surface area contributed by atoms with Crippen molar-refractivity contribution in [3.8, 4) is 0 Å². The molecule has 1 nitrogen and oxygen atoms in total. The van der Waals surface area contributed by atoms with Gasteiger partial charge in [-0.3, -0.25) is 0 Å². The van der Waals surface area contributed by atoms with Gasteiger partial charge in [0, 0.05) is 22.9 Å². The molecular weight excluding hydrogens is 342 g/mol. The van der Waals surface area contributed by atoms with Crippen molar-refractivity contribution in [2.45, 2.75) is 31.5 Å². The van der Waals surface area contributed by atoms with E-state index >= 15 is 0 Å². The van der Waals surface area contributed by atoms with Crippen LogP contribution in [0.15, 0.2) is 22.7 Å². The largest absolute Gasteiger partial charge is 0.371 e. The lowest BCUT2D eigenvalue weighted by atomic mass is 9.94. The smallest absolute Gasteiger partial charge is 0.0510 e. The molecule has 1 aliphatic heterocycles. The number of alkyl halides is 1. The van der Waals surface area contributed by atoms with Crippen LogP contribution in [0.5, 0.6) is 0 Å². The molecule has 0 bridgehead atoms. The van der Waals surface area contributed by atoms with E-state index in [1.807, 2.05) is 0 Å². The summed E-state index contributed by atoms with van der Waals surface area (Å²) in [5, 5.41) is 0.920. The molecular formula is C14H19Br2N. The number of nitrogens with zero attached hydrogens (tertiary/aromatic N) is 1. The van der Waals surface area contributed by atoms with Crippen molar-refractivity contribution in [2.75, 3.05) is 18.0 Å². The molecule has 0 atom stereocenters. The zero-order valence-corrected chi connectivity index (χ0v) is 13.4. The normalized spacial score (nSPS) is 17.5. The lowest BCUT2D eigenvalue weighted by Gasteiger charge is -2.34. The molecule has 1 aromatic rings. The molecule has 0 N–H and O–H groups in total. The minimum atomic E-state index is 0.920. The molecule has 1 aromatic carbocycles. The summed E-state index contributed by atoms with van der Waals surface area (Å²) in [5.41, 5.74) is 2.67. The minimum Gasteiger partial charge on any atom is -0.371 e. The van der Waals surface area contributed by atoms with E-state index in [0.29, 0.717) is 0 Å². The molecule has 0 spiro atoms. The molecule has 2 rings (SSSR count). The predicted octanol–water partition coefficient (Wildman–Crippen LogP) is 4.97. The van der Waals surface area contributed by atoms with Crippen LogP contribution in [-0.2, 0) is 5.33 Å². The average Bonchev–Trinajstić information content (AvgIpc) is 2.39. The van der Waals surface area contributed by atoms with Gasteiger partial charge in [0.05, 0.1) is 5.69 Å². The van der Waals surface area contributed by atoms with E-state index in [-0.39, 0.29) is 0 Å². The van der Waals surface area contributed by atoms with Crippen molar-refractivity contribution in [3.05, 3.63) is 28.2 Å². The molecule has 0 aromatic heterocycles. The minimum absolute atomic E-state index is 0.920. The lowest BCUT2D eigenvalue weighted by molar-refractivity contribution is 0.395. The van der Waals surface area contributed by atoms with Crippen molar-refractivity contribution in [1.29, 1.82) is 0 Å². The SMILES string of the molecule is CCC1CCN(c2ccc(CBr)cc2Br)CC1. The Bertz CT molecular complexity index is 370. The first kappa shape index (κ1) is 13.4. The van der Waals surface area contributed by atoms with Crippen LogP contribution in [0.3, 0.4) is 0 Å². The van der Waals surface area contributed by atoms with Crippen LogP contribution < -0.4 is 4.90 Å². The van der Waals surface area contributed by atoms with Gasteiger partial charge in [0.1, 0.15) is 0 Å². The Hall–Kier alpha value is -0.0200. The molecule has 3 heteroatoms. The monoisotopic (exact) mass is 359 g/mol. The first-order valence-electron chi connectivity index (χ1n) is 6.34. The molecule has 1 fully saturated rings. The van der Waals surface area contributed by atoms with Crippen molar-refractivity contribution in [3.63, 3.8) is 0 Å². The van der Waals surface area contributed by atoms with Crippen molar-refractivity contribution < 1.29 is 0 Å². The van der Waals surface area contributed by atoms with Gasteiger partial charge in [-0.25, -0.2) is 0 Å². The Kier molecular flexibility index (Phi) is 4.92. The van der Waals surface area contributed by atoms with Gasteiger partial charge in [-0.05, 0) is 52.4 Å². The first-order chi connectivity index (χ1) is 8.24. The summed E-state index contributed by atoms with van der Waals surface area (Å²) < 4.78 is 1.23. The predicted molar refractivity (Wildman–Crippen MR) is 82.0 cm³/mol. The van der Waals surface area contributed by atoms with Crippen LogP contribution in [0.25, 0.3) is 0 Å². The van der Waals surface area contributed by atoms with Gasteiger partial charge in [-0.15, -0.1) is 0 Å². The number of halogens is 2. The molecule has 0 unspecified atom stereocenters. The molecule has 17 heavy (non-hydrogen) atoms. The van der Waals surface area contributed by atoms with E-state index in [4.69, 9.17) is 0 Å². The maximum Gasteiger partial charge on any atom is 0.0510 e. The molecule has 94 valence electrons. The molecule has 0 aliphatic carbocycles. The first-order valence-corrected chi connectivity index (χ1v) is 8.25. The molecule has 1 aliphatic rings. The summed E-state index contributed by atoms with van der Waals surface area (Å²) in [6.07, 6.45) is 4.00. The van der Waals surface area contributed by atoms with Gasteiger partial charge >= 0.3 is 0 Å². The molecule has 1 saturated heterocycles. The highest BCUT2D eigenvalue weighted by Crippen LogP contribution is 2.31. The summed E-state index contributed by atoms with van der Waals surface area (Å²) in [4.78, 5) is 2.51. The lowest BCUT2D eigenvalue weighted by Crippen LogP contribution is -2.33. The third-order valence-corrected chi connectivity index (χ3v) is 4.98. The highest BCUT2D eigenvalue weighted by molar-refractivity contribution is 9.10. The Morgan fingerprint density at radius 3 is 2.53 bits per heavy atom. The zero-order valence-electron chi connectivity index (χ0n) is 10.3. The van der Waals surface area contributed by atoms with Gasteiger partial charge < -0.3 is 4.90 Å². The standard InChI is InChI=1S/C14H19Br2N/c1-2-11-5-7-17(8-6-11)14-4-3-12(10-15)9-13(14)16/h3-4,9,11H,2,5-8,10H2,1H3. The third kappa shape index (κ3) is 3.25. The van der Waals surface area contributed by atoms with Gasteiger partial charge in [-0.1, -0.05) is 35.3 Å². The summed E-state index contributed by atoms with van der Waals surface area (Å²) in [6.45, 7) is 4.70. The fraction of sp³-hybridized carbons (Fsp3) is 0.571. The van der Waals surface area contributed by atoms with Crippen LogP contribution in [0.1, 0.15) is 31.7 Å². The van der Waals surface area contributed by atoms with Crippen LogP contribution in [-0.4, -0.2) is 13.1 Å². The molecule has 1 heterocycles. The van der Waals surface area contributed by atoms with E-state index < -0.39 is 0 Å². The van der Waals surface area contributed by atoms with E-state index in [2.05, 4.69) is 61.9 Å². The summed E-state index contributed by atoms with van der Waals surface area (Å²) in [6, 6.07) is 6.67. The topological polar surface area (TPSA) is 3.24 Å². The number of piperidine rings is 1. The summed E-state index contributed by atoms with van der Waals surface area (Å²) >= 11 is 7.19. The zero-order chi connectivity index (χ0) is 12.3. The Labute approximate surface area is 121 Å². The number of rotatable bonds is 3. The molecule has 0 radical (unpaired) electrons. The second kappa shape index (κ2) is 6.24. The fourth-order valence-electron chi connectivity index (χ4n) is 2.47. The van der Waals surface area contributed by atoms with Crippen LogP contribution in [0.4, 0.5) is 5.69 Å². The molecule has 0 amide bonds. The summed E-state index contributed by atoms with van der Waals surface area (Å²) in [7, 11) is 0. The van der Waals surface area contributed by atoms with Crippen LogP contribution in [0.2, 0.25) is 0 Å². The number of benzene rings is 1. The number of hydrogen-bond acceptors (Lipinski definition) is 1. The third-order valence-electron chi connectivity index (χ3n) is 3.70. The van der Waals surface area contributed by atoms with Gasteiger partial charge in [-0.2, -0.15) is 0 Å². The van der Waals surface area contributed by atoms with Crippen molar-refractivity contribution >= 4 is 37.5 Å². The Morgan fingerprint density at radius 1 is 1.29 bits per heavy atom. The number of hydrogen-bond donors (Lipinski definition) is 0.